The van der Waals surface area contributed by atoms with Crippen molar-refractivity contribution >= 4 is 11.9 Å². The van der Waals surface area contributed by atoms with Gasteiger partial charge in [0.15, 0.2) is 0 Å². The van der Waals surface area contributed by atoms with Crippen LogP contribution in [0.3, 0.4) is 0 Å². The predicted octanol–water partition coefficient (Wildman–Crippen LogP) is 1.05. The molecule has 1 aromatic rings. The van der Waals surface area contributed by atoms with Gasteiger partial charge in [0, 0.05) is 24.2 Å². The molecule has 0 spiro atoms. The molecule has 19 heavy (non-hydrogen) atoms. The van der Waals surface area contributed by atoms with Crippen molar-refractivity contribution in [2.75, 3.05) is 7.11 Å². The fourth-order valence-electron chi connectivity index (χ4n) is 1.83. The zero-order valence-corrected chi connectivity index (χ0v) is 11.6. The van der Waals surface area contributed by atoms with Gasteiger partial charge in [0.05, 0.1) is 13.4 Å². The van der Waals surface area contributed by atoms with Crippen molar-refractivity contribution in [3.8, 4) is 0 Å². The minimum absolute atomic E-state index is 0.112. The average molecular weight is 267 g/mol. The first-order valence-electron chi connectivity index (χ1n) is 6.43. The van der Waals surface area contributed by atoms with Crippen LogP contribution >= 0.6 is 0 Å². The van der Waals surface area contributed by atoms with Gasteiger partial charge in [-0.15, -0.1) is 0 Å². The Morgan fingerprint density at radius 3 is 2.79 bits per heavy atom. The third kappa shape index (κ3) is 4.73. The SMILES string of the molecule is CCCC(C)C(=O)N[C@@H](Cc1cnc[nH]1)C(=O)OC. The molecule has 0 saturated heterocycles. The maximum Gasteiger partial charge on any atom is 0.328 e. The molecular formula is C13H21N3O3. The highest BCUT2D eigenvalue weighted by atomic mass is 16.5. The quantitative estimate of drug-likeness (QED) is 0.723. The van der Waals surface area contributed by atoms with Crippen molar-refractivity contribution in [1.29, 1.82) is 0 Å². The van der Waals surface area contributed by atoms with Crippen molar-refractivity contribution in [2.45, 2.75) is 39.2 Å². The highest BCUT2D eigenvalue weighted by molar-refractivity contribution is 5.85. The van der Waals surface area contributed by atoms with E-state index in [1.807, 2.05) is 13.8 Å². The summed E-state index contributed by atoms with van der Waals surface area (Å²) >= 11 is 0. The lowest BCUT2D eigenvalue weighted by Crippen LogP contribution is -2.45. The average Bonchev–Trinajstić information content (AvgIpc) is 2.90. The number of carbonyl (C=O) groups excluding carboxylic acids is 2. The second-order valence-corrected chi connectivity index (χ2v) is 4.56. The number of hydrogen-bond acceptors (Lipinski definition) is 4. The molecule has 6 heteroatoms. The molecule has 0 aliphatic carbocycles. The standard InChI is InChI=1S/C13H21N3O3/c1-4-5-9(2)12(17)16-11(13(18)19-3)6-10-7-14-8-15-10/h7-9,11H,4-6H2,1-3H3,(H,14,15)(H,16,17)/t9?,11-/m0/s1. The van der Waals surface area contributed by atoms with Gasteiger partial charge in [0.25, 0.3) is 0 Å². The van der Waals surface area contributed by atoms with E-state index in [2.05, 4.69) is 15.3 Å². The molecule has 106 valence electrons. The summed E-state index contributed by atoms with van der Waals surface area (Å²) < 4.78 is 4.71. The van der Waals surface area contributed by atoms with Crippen molar-refractivity contribution in [1.82, 2.24) is 15.3 Å². The van der Waals surface area contributed by atoms with Gasteiger partial charge in [-0.25, -0.2) is 9.78 Å². The summed E-state index contributed by atoms with van der Waals surface area (Å²) in [6.07, 6.45) is 5.22. The number of nitrogens with zero attached hydrogens (tertiary/aromatic N) is 1. The number of hydrogen-bond donors (Lipinski definition) is 2. The number of aromatic nitrogens is 2. The van der Waals surface area contributed by atoms with Crippen LogP contribution in [-0.2, 0) is 20.7 Å². The number of H-pyrrole nitrogens is 1. The molecule has 2 N–H and O–H groups in total. The topological polar surface area (TPSA) is 84.1 Å². The van der Waals surface area contributed by atoms with Crippen molar-refractivity contribution in [2.24, 2.45) is 5.92 Å². The number of ether oxygens (including phenoxy) is 1. The number of nitrogens with one attached hydrogen (secondary N) is 2. The number of aromatic amines is 1. The largest absolute Gasteiger partial charge is 0.467 e. The predicted molar refractivity (Wildman–Crippen MR) is 70.3 cm³/mol. The van der Waals surface area contributed by atoms with E-state index < -0.39 is 12.0 Å². The molecule has 0 aliphatic rings. The van der Waals surface area contributed by atoms with Gasteiger partial charge in [0.2, 0.25) is 5.91 Å². The smallest absolute Gasteiger partial charge is 0.328 e. The molecular weight excluding hydrogens is 246 g/mol. The maximum absolute atomic E-state index is 11.9. The lowest BCUT2D eigenvalue weighted by molar-refractivity contribution is -0.145. The van der Waals surface area contributed by atoms with Crippen LogP contribution in [-0.4, -0.2) is 35.0 Å². The molecule has 0 radical (unpaired) electrons. The van der Waals surface area contributed by atoms with E-state index in [1.165, 1.54) is 13.4 Å². The van der Waals surface area contributed by atoms with Crippen molar-refractivity contribution in [3.63, 3.8) is 0 Å². The van der Waals surface area contributed by atoms with Crippen LogP contribution < -0.4 is 5.32 Å². The Morgan fingerprint density at radius 2 is 2.26 bits per heavy atom. The van der Waals surface area contributed by atoms with Gasteiger partial charge in [-0.2, -0.15) is 0 Å². The third-order valence-electron chi connectivity index (χ3n) is 2.95. The fraction of sp³-hybridized carbons (Fsp3) is 0.615. The van der Waals surface area contributed by atoms with Gasteiger partial charge in [-0.1, -0.05) is 20.3 Å². The summed E-state index contributed by atoms with van der Waals surface area (Å²) in [5, 5.41) is 2.73. The third-order valence-corrected chi connectivity index (χ3v) is 2.95. The molecule has 0 fully saturated rings. The Morgan fingerprint density at radius 1 is 1.53 bits per heavy atom. The first-order valence-corrected chi connectivity index (χ1v) is 6.43. The maximum atomic E-state index is 11.9. The second kappa shape index (κ2) is 7.56. The molecule has 6 nitrogen and oxygen atoms in total. The minimum atomic E-state index is -0.683. The lowest BCUT2D eigenvalue weighted by Gasteiger charge is -2.18. The van der Waals surface area contributed by atoms with Crippen LogP contribution in [0, 0.1) is 5.92 Å². The van der Waals surface area contributed by atoms with Crippen LogP contribution in [0.25, 0.3) is 0 Å². The molecule has 1 aromatic heterocycles. The van der Waals surface area contributed by atoms with Crippen molar-refractivity contribution < 1.29 is 14.3 Å². The number of amides is 1. The van der Waals surface area contributed by atoms with E-state index >= 15 is 0 Å². The summed E-state index contributed by atoms with van der Waals surface area (Å²) in [6.45, 7) is 3.87. The first kappa shape index (κ1) is 15.2. The van der Waals surface area contributed by atoms with E-state index in [0.29, 0.717) is 6.42 Å². The molecule has 1 heterocycles. The molecule has 2 atom stereocenters. The van der Waals surface area contributed by atoms with E-state index in [-0.39, 0.29) is 11.8 Å². The lowest BCUT2D eigenvalue weighted by atomic mass is 10.0. The van der Waals surface area contributed by atoms with E-state index in [4.69, 9.17) is 4.74 Å². The summed E-state index contributed by atoms with van der Waals surface area (Å²) in [7, 11) is 1.31. The van der Waals surface area contributed by atoms with E-state index in [0.717, 1.165) is 18.5 Å². The molecule has 0 aromatic carbocycles. The van der Waals surface area contributed by atoms with Crippen LogP contribution in [0.2, 0.25) is 0 Å². The van der Waals surface area contributed by atoms with Gasteiger partial charge in [-0.3, -0.25) is 4.79 Å². The van der Waals surface area contributed by atoms with Crippen LogP contribution in [0.4, 0.5) is 0 Å². The van der Waals surface area contributed by atoms with Crippen molar-refractivity contribution in [3.05, 3.63) is 18.2 Å². The monoisotopic (exact) mass is 267 g/mol. The fourth-order valence-corrected chi connectivity index (χ4v) is 1.83. The molecule has 0 aliphatic heterocycles. The van der Waals surface area contributed by atoms with E-state index in [9.17, 15) is 9.59 Å². The molecule has 0 saturated carbocycles. The van der Waals surface area contributed by atoms with Gasteiger partial charge in [-0.05, 0) is 6.42 Å². The van der Waals surface area contributed by atoms with E-state index in [1.54, 1.807) is 6.20 Å². The number of imidazole rings is 1. The van der Waals surface area contributed by atoms with Crippen LogP contribution in [0.5, 0.6) is 0 Å². The highest BCUT2D eigenvalue weighted by Crippen LogP contribution is 2.07. The molecule has 1 amide bonds. The number of carbonyl (C=O) groups is 2. The Balaban J connectivity index is 2.64. The van der Waals surface area contributed by atoms with Gasteiger partial charge < -0.3 is 15.0 Å². The number of esters is 1. The van der Waals surface area contributed by atoms with Gasteiger partial charge in [0.1, 0.15) is 6.04 Å². The summed E-state index contributed by atoms with van der Waals surface area (Å²) in [4.78, 5) is 30.4. The summed E-state index contributed by atoms with van der Waals surface area (Å²) in [6, 6.07) is -0.683. The Hall–Kier alpha value is -1.85. The Kier molecular flexibility index (Phi) is 6.05. The second-order valence-electron chi connectivity index (χ2n) is 4.56. The summed E-state index contributed by atoms with van der Waals surface area (Å²) in [5.41, 5.74) is 0.777. The minimum Gasteiger partial charge on any atom is -0.467 e. The Bertz CT molecular complexity index is 403. The first-order chi connectivity index (χ1) is 9.08. The van der Waals surface area contributed by atoms with Gasteiger partial charge >= 0.3 is 5.97 Å². The Labute approximate surface area is 112 Å². The molecule has 1 rings (SSSR count). The number of rotatable bonds is 7. The van der Waals surface area contributed by atoms with Crippen LogP contribution in [0.15, 0.2) is 12.5 Å². The zero-order valence-electron chi connectivity index (χ0n) is 11.6. The highest BCUT2D eigenvalue weighted by Gasteiger charge is 2.24. The number of methoxy groups -OCH3 is 1. The summed E-state index contributed by atoms with van der Waals surface area (Å²) in [5.74, 6) is -0.692. The molecule has 1 unspecified atom stereocenters. The molecule has 0 bridgehead atoms. The van der Waals surface area contributed by atoms with Crippen LogP contribution in [0.1, 0.15) is 32.4 Å². The zero-order chi connectivity index (χ0) is 14.3. The normalized spacial score (nSPS) is 13.6.